The Bertz CT molecular complexity index is 742. The van der Waals surface area contributed by atoms with Gasteiger partial charge in [0.2, 0.25) is 0 Å². The first-order chi connectivity index (χ1) is 10.6. The summed E-state index contributed by atoms with van der Waals surface area (Å²) in [5, 5.41) is 0.520. The Labute approximate surface area is 129 Å². The molecule has 1 amide bonds. The van der Waals surface area contributed by atoms with Gasteiger partial charge < -0.3 is 10.2 Å². The summed E-state index contributed by atoms with van der Waals surface area (Å²) in [5.41, 5.74) is 6.52. The van der Waals surface area contributed by atoms with Crippen molar-refractivity contribution in [2.45, 2.75) is 44.9 Å². The Hall–Kier alpha value is -2.10. The molecule has 116 valence electrons. The summed E-state index contributed by atoms with van der Waals surface area (Å²) in [5.74, 6) is 0.00549. The Morgan fingerprint density at radius 1 is 1.18 bits per heavy atom. The van der Waals surface area contributed by atoms with E-state index in [-0.39, 0.29) is 11.2 Å². The van der Waals surface area contributed by atoms with E-state index in [9.17, 15) is 9.59 Å². The number of benzene rings is 1. The van der Waals surface area contributed by atoms with Crippen LogP contribution in [0.5, 0.6) is 0 Å². The number of hydrogen-bond donors (Lipinski definition) is 1. The lowest BCUT2D eigenvalue weighted by Gasteiger charge is -2.21. The molecule has 1 aliphatic rings. The van der Waals surface area contributed by atoms with Crippen LogP contribution in [-0.4, -0.2) is 5.91 Å². The van der Waals surface area contributed by atoms with Crippen LogP contribution in [0, 0.1) is 5.92 Å². The van der Waals surface area contributed by atoms with E-state index in [1.54, 1.807) is 6.07 Å². The highest BCUT2D eigenvalue weighted by Gasteiger charge is 2.14. The van der Waals surface area contributed by atoms with Crippen molar-refractivity contribution in [3.8, 4) is 0 Å². The lowest BCUT2D eigenvalue weighted by Crippen LogP contribution is -2.14. The van der Waals surface area contributed by atoms with Crippen LogP contribution < -0.4 is 11.2 Å². The number of nitrogens with two attached hydrogens (primary N) is 1. The molecule has 1 aliphatic carbocycles. The van der Waals surface area contributed by atoms with E-state index in [2.05, 4.69) is 0 Å². The molecular formula is C18H21NO3. The third-order valence-corrected chi connectivity index (χ3v) is 4.60. The number of carbonyl (C=O) groups is 1. The summed E-state index contributed by atoms with van der Waals surface area (Å²) in [6.45, 7) is 0. The zero-order chi connectivity index (χ0) is 15.5. The third kappa shape index (κ3) is 3.21. The molecule has 22 heavy (non-hydrogen) atoms. The van der Waals surface area contributed by atoms with Crippen molar-refractivity contribution in [2.24, 2.45) is 11.7 Å². The van der Waals surface area contributed by atoms with Crippen molar-refractivity contribution in [2.75, 3.05) is 0 Å². The van der Waals surface area contributed by atoms with Gasteiger partial charge in [-0.15, -0.1) is 0 Å². The fraction of sp³-hybridized carbons (Fsp3) is 0.444. The Morgan fingerprint density at radius 2 is 1.95 bits per heavy atom. The highest BCUT2D eigenvalue weighted by atomic mass is 16.3. The summed E-state index contributed by atoms with van der Waals surface area (Å²) < 4.78 is 5.38. The minimum absolute atomic E-state index is 0.0903. The number of primary amides is 1. The summed E-state index contributed by atoms with van der Waals surface area (Å²) in [6, 6.07) is 6.79. The summed E-state index contributed by atoms with van der Waals surface area (Å²) in [7, 11) is 0. The average molecular weight is 299 g/mol. The van der Waals surface area contributed by atoms with Gasteiger partial charge in [0.05, 0.1) is 5.39 Å². The van der Waals surface area contributed by atoms with Gasteiger partial charge in [-0.3, -0.25) is 9.59 Å². The molecule has 1 aromatic carbocycles. The summed E-state index contributed by atoms with van der Waals surface area (Å²) in [6.07, 6.45) is 8.89. The lowest BCUT2D eigenvalue weighted by atomic mass is 9.85. The van der Waals surface area contributed by atoms with Gasteiger partial charge in [0.1, 0.15) is 5.58 Å². The van der Waals surface area contributed by atoms with Gasteiger partial charge in [-0.25, -0.2) is 0 Å². The SMILES string of the molecule is NC(=O)c1cc(=O)c2cc(CCC3CCCCC3)ccc2o1. The number of rotatable bonds is 4. The van der Waals surface area contributed by atoms with Crippen LogP contribution in [0.2, 0.25) is 0 Å². The molecule has 1 heterocycles. The van der Waals surface area contributed by atoms with Crippen molar-refractivity contribution < 1.29 is 9.21 Å². The van der Waals surface area contributed by atoms with Crippen molar-refractivity contribution in [1.29, 1.82) is 0 Å². The van der Waals surface area contributed by atoms with Crippen LogP contribution in [-0.2, 0) is 6.42 Å². The average Bonchev–Trinajstić information content (AvgIpc) is 2.54. The fourth-order valence-corrected chi connectivity index (χ4v) is 3.33. The Balaban J connectivity index is 1.80. The fourth-order valence-electron chi connectivity index (χ4n) is 3.33. The Kier molecular flexibility index (Phi) is 4.27. The number of aryl methyl sites for hydroxylation is 1. The quantitative estimate of drug-likeness (QED) is 0.940. The molecule has 1 aromatic heterocycles. The van der Waals surface area contributed by atoms with Crippen LogP contribution in [0.3, 0.4) is 0 Å². The number of amides is 1. The predicted molar refractivity (Wildman–Crippen MR) is 85.9 cm³/mol. The van der Waals surface area contributed by atoms with Crippen LogP contribution in [0.15, 0.2) is 33.5 Å². The van der Waals surface area contributed by atoms with E-state index in [1.165, 1.54) is 44.6 Å². The molecule has 4 heteroatoms. The molecule has 0 atom stereocenters. The molecule has 4 nitrogen and oxygen atoms in total. The second kappa shape index (κ2) is 6.34. The molecule has 0 bridgehead atoms. The van der Waals surface area contributed by atoms with Crippen molar-refractivity contribution in [3.63, 3.8) is 0 Å². The highest BCUT2D eigenvalue weighted by molar-refractivity contribution is 5.91. The standard InChI is InChI=1S/C18H21NO3/c19-18(21)17-11-15(20)14-10-13(8-9-16(14)22-17)7-6-12-4-2-1-3-5-12/h8-12H,1-7H2,(H2,19,21). The highest BCUT2D eigenvalue weighted by Crippen LogP contribution is 2.27. The number of hydrogen-bond acceptors (Lipinski definition) is 3. The molecule has 0 radical (unpaired) electrons. The largest absolute Gasteiger partial charge is 0.451 e. The molecule has 1 fully saturated rings. The number of fused-ring (bicyclic) bond motifs is 1. The third-order valence-electron chi connectivity index (χ3n) is 4.60. The van der Waals surface area contributed by atoms with Gasteiger partial charge in [-0.2, -0.15) is 0 Å². The topological polar surface area (TPSA) is 73.3 Å². The van der Waals surface area contributed by atoms with E-state index in [0.717, 1.165) is 17.9 Å². The van der Waals surface area contributed by atoms with Gasteiger partial charge in [0.15, 0.2) is 11.2 Å². The van der Waals surface area contributed by atoms with Gasteiger partial charge in [-0.1, -0.05) is 38.2 Å². The molecule has 3 rings (SSSR count). The maximum Gasteiger partial charge on any atom is 0.284 e. The molecular weight excluding hydrogens is 278 g/mol. The minimum Gasteiger partial charge on any atom is -0.451 e. The van der Waals surface area contributed by atoms with Crippen molar-refractivity contribution in [3.05, 3.63) is 45.8 Å². The van der Waals surface area contributed by atoms with E-state index >= 15 is 0 Å². The van der Waals surface area contributed by atoms with Gasteiger partial charge in [0, 0.05) is 6.07 Å². The second-order valence-corrected chi connectivity index (χ2v) is 6.21. The maximum absolute atomic E-state index is 12.1. The zero-order valence-electron chi connectivity index (χ0n) is 12.6. The van der Waals surface area contributed by atoms with Crippen LogP contribution in [0.25, 0.3) is 11.0 Å². The molecule has 0 aliphatic heterocycles. The first-order valence-corrected chi connectivity index (χ1v) is 8.00. The molecule has 0 saturated heterocycles. The van der Waals surface area contributed by atoms with Crippen molar-refractivity contribution in [1.82, 2.24) is 0 Å². The molecule has 1 saturated carbocycles. The van der Waals surface area contributed by atoms with Crippen LogP contribution >= 0.6 is 0 Å². The predicted octanol–water partition coefficient (Wildman–Crippen LogP) is 3.40. The van der Waals surface area contributed by atoms with Gasteiger partial charge in [-0.05, 0) is 36.5 Å². The smallest absolute Gasteiger partial charge is 0.284 e. The van der Waals surface area contributed by atoms with Crippen LogP contribution in [0.1, 0.15) is 54.6 Å². The van der Waals surface area contributed by atoms with E-state index in [1.807, 2.05) is 12.1 Å². The molecule has 2 N–H and O–H groups in total. The van der Waals surface area contributed by atoms with Crippen LogP contribution in [0.4, 0.5) is 0 Å². The first-order valence-electron chi connectivity index (χ1n) is 8.00. The minimum atomic E-state index is -0.722. The summed E-state index contributed by atoms with van der Waals surface area (Å²) >= 11 is 0. The first kappa shape index (κ1) is 14.8. The molecule has 0 spiro atoms. The molecule has 0 unspecified atom stereocenters. The molecule has 2 aromatic rings. The normalized spacial score (nSPS) is 16.0. The van der Waals surface area contributed by atoms with Gasteiger partial charge >= 0.3 is 0 Å². The number of carbonyl (C=O) groups excluding carboxylic acids is 1. The zero-order valence-corrected chi connectivity index (χ0v) is 12.6. The second-order valence-electron chi connectivity index (χ2n) is 6.21. The van der Waals surface area contributed by atoms with E-state index in [4.69, 9.17) is 10.2 Å². The van der Waals surface area contributed by atoms with Gasteiger partial charge in [0.25, 0.3) is 5.91 Å². The van der Waals surface area contributed by atoms with Crippen molar-refractivity contribution >= 4 is 16.9 Å². The van der Waals surface area contributed by atoms with E-state index in [0.29, 0.717) is 11.0 Å². The maximum atomic E-state index is 12.1. The lowest BCUT2D eigenvalue weighted by molar-refractivity contribution is 0.0974. The summed E-state index contributed by atoms with van der Waals surface area (Å²) in [4.78, 5) is 23.2. The van der Waals surface area contributed by atoms with E-state index < -0.39 is 5.91 Å². The monoisotopic (exact) mass is 299 g/mol. The Morgan fingerprint density at radius 3 is 2.68 bits per heavy atom.